The highest BCUT2D eigenvalue weighted by atomic mass is 14.4. The van der Waals surface area contributed by atoms with Gasteiger partial charge < -0.3 is 0 Å². The molecule has 0 unspecified atom stereocenters. The van der Waals surface area contributed by atoms with Crippen LogP contribution in [-0.4, -0.2) is 0 Å². The lowest BCUT2D eigenvalue weighted by Crippen LogP contribution is -2.25. The van der Waals surface area contributed by atoms with E-state index in [9.17, 15) is 0 Å². The van der Waals surface area contributed by atoms with Crippen LogP contribution in [0, 0.1) is 43.4 Å². The van der Waals surface area contributed by atoms with Gasteiger partial charge in [-0.25, -0.2) is 0 Å². The lowest BCUT2D eigenvalue weighted by Gasteiger charge is -2.38. The average molecular weight is 926 g/mol. The van der Waals surface area contributed by atoms with Gasteiger partial charge in [-0.05, 0) is 198 Å². The van der Waals surface area contributed by atoms with E-state index in [2.05, 4.69) is 170 Å². The van der Waals surface area contributed by atoms with Gasteiger partial charge in [0, 0.05) is 1.43 Å². The minimum Gasteiger partial charge on any atom is -0.103 e. The summed E-state index contributed by atoms with van der Waals surface area (Å²) >= 11 is 0. The molecule has 0 heterocycles. The Labute approximate surface area is 425 Å². The van der Waals surface area contributed by atoms with Crippen LogP contribution >= 0.6 is 0 Å². The maximum atomic E-state index is 3.88. The molecule has 68 heavy (non-hydrogen) atoms. The van der Waals surface area contributed by atoms with Crippen LogP contribution in [0.2, 0.25) is 0 Å². The largest absolute Gasteiger partial charge is 0.103 e. The second-order valence-electron chi connectivity index (χ2n) is 20.6. The Morgan fingerprint density at radius 3 is 1.26 bits per heavy atom. The van der Waals surface area contributed by atoms with E-state index in [1.165, 1.54) is 155 Å². The standard InChI is InChI=1S/C24H36.C22H26.C14H20.C3H8.2C2H6.CH4.H2/c1-3-5-6-20-9-13-22(14-10-20)24-17-15-23(16-18-24)21-11-7-19(4-2)8-12-21;1-3-4-18-7-11-20(12-8-18)22-15-13-21(14-16-22)19-9-5-17(2)6-10-19;1-11-3-7-13(8-4-11)14-9-5-12(2)6-10-14;1-3-2;2*1-2;;/h3,7-8,11-12,20,22-24H,1,4-6,9-10,13-18H2,2H3;3-6,9-10,13-16,18,20H,7-8,11-12H2,1-2H3;3-4,7-8,12,14H,5-6,9-10H2,1-2H3;3H2,1-2H3;2*1-2H3;1H4;1H/b;4-3+;;;;;;. The van der Waals surface area contributed by atoms with Gasteiger partial charge in [-0.3, -0.25) is 0 Å². The third-order valence-corrected chi connectivity index (χ3v) is 15.5. The molecule has 4 aliphatic rings. The minimum absolute atomic E-state index is 0. The van der Waals surface area contributed by atoms with Gasteiger partial charge >= 0.3 is 0 Å². The zero-order valence-electron chi connectivity index (χ0n) is 45.4. The predicted molar refractivity (Wildman–Crippen MR) is 311 cm³/mol. The Kier molecular flexibility index (Phi) is 31.5. The van der Waals surface area contributed by atoms with E-state index in [0.29, 0.717) is 0 Å². The molecule has 0 atom stereocenters. The van der Waals surface area contributed by atoms with Crippen LogP contribution in [0.25, 0.3) is 11.1 Å². The number of hydrogen-bond acceptors (Lipinski definition) is 0. The highest BCUT2D eigenvalue weighted by Gasteiger charge is 2.31. The van der Waals surface area contributed by atoms with Crippen LogP contribution in [-0.2, 0) is 6.42 Å². The van der Waals surface area contributed by atoms with Crippen molar-refractivity contribution in [3.05, 3.63) is 155 Å². The molecule has 0 aliphatic heterocycles. The highest BCUT2D eigenvalue weighted by Crippen LogP contribution is 2.45. The fraction of sp³-hybridized carbons (Fsp3) is 0.588. The Morgan fingerprint density at radius 1 is 0.500 bits per heavy atom. The molecule has 380 valence electrons. The van der Waals surface area contributed by atoms with Crippen LogP contribution in [0.5, 0.6) is 0 Å². The lowest BCUT2D eigenvalue weighted by atomic mass is 9.68. The molecular formula is C68H108. The molecule has 4 fully saturated rings. The summed E-state index contributed by atoms with van der Waals surface area (Å²) in [6.07, 6.45) is 34.4. The van der Waals surface area contributed by atoms with Crippen molar-refractivity contribution >= 4 is 0 Å². The molecule has 0 N–H and O–H groups in total. The number of allylic oxidation sites excluding steroid dienone is 3. The highest BCUT2D eigenvalue weighted by molar-refractivity contribution is 5.64. The molecule has 0 radical (unpaired) electrons. The second kappa shape index (κ2) is 35.5. The lowest BCUT2D eigenvalue weighted by molar-refractivity contribution is 0.157. The van der Waals surface area contributed by atoms with E-state index in [1.54, 1.807) is 11.1 Å². The Morgan fingerprint density at radius 2 is 0.853 bits per heavy atom. The van der Waals surface area contributed by atoms with E-state index >= 15 is 0 Å². The monoisotopic (exact) mass is 925 g/mol. The van der Waals surface area contributed by atoms with Crippen LogP contribution in [0.15, 0.2) is 122 Å². The summed E-state index contributed by atoms with van der Waals surface area (Å²) in [6.45, 7) is 27.2. The zero-order chi connectivity index (χ0) is 48.8. The van der Waals surface area contributed by atoms with Crippen LogP contribution in [0.1, 0.15) is 244 Å². The first kappa shape index (κ1) is 60.5. The third kappa shape index (κ3) is 21.2. The van der Waals surface area contributed by atoms with Gasteiger partial charge in [-0.2, -0.15) is 0 Å². The van der Waals surface area contributed by atoms with E-state index < -0.39 is 0 Å². The molecule has 0 amide bonds. The van der Waals surface area contributed by atoms with Gasteiger partial charge in [0.05, 0.1) is 0 Å². The molecular weight excluding hydrogens is 817 g/mol. The van der Waals surface area contributed by atoms with Crippen LogP contribution < -0.4 is 0 Å². The third-order valence-electron chi connectivity index (χ3n) is 15.5. The Balaban J connectivity index is 0.000000490. The zero-order valence-corrected chi connectivity index (χ0v) is 45.4. The van der Waals surface area contributed by atoms with Crippen molar-refractivity contribution in [2.24, 2.45) is 29.6 Å². The summed E-state index contributed by atoms with van der Waals surface area (Å²) in [5, 5.41) is 0. The van der Waals surface area contributed by atoms with Gasteiger partial charge in [-0.1, -0.05) is 221 Å². The van der Waals surface area contributed by atoms with E-state index in [-0.39, 0.29) is 8.85 Å². The fourth-order valence-corrected chi connectivity index (χ4v) is 11.3. The summed E-state index contributed by atoms with van der Waals surface area (Å²) in [7, 11) is 0. The molecule has 0 bridgehead atoms. The molecule has 8 rings (SSSR count). The van der Waals surface area contributed by atoms with Gasteiger partial charge in [0.15, 0.2) is 0 Å². The summed E-state index contributed by atoms with van der Waals surface area (Å²) < 4.78 is 0. The Bertz CT molecular complexity index is 1820. The minimum atomic E-state index is 0. The number of aryl methyl sites for hydroxylation is 3. The van der Waals surface area contributed by atoms with Crippen LogP contribution in [0.3, 0.4) is 0 Å². The molecule has 4 saturated carbocycles. The van der Waals surface area contributed by atoms with Crippen molar-refractivity contribution in [1.29, 1.82) is 0 Å². The van der Waals surface area contributed by atoms with Crippen molar-refractivity contribution in [3.8, 4) is 11.1 Å². The summed E-state index contributed by atoms with van der Waals surface area (Å²) in [5.74, 6) is 7.25. The summed E-state index contributed by atoms with van der Waals surface area (Å²) in [6, 6.07) is 36.7. The van der Waals surface area contributed by atoms with Gasteiger partial charge in [0.1, 0.15) is 0 Å². The maximum absolute atomic E-state index is 3.88. The first-order chi connectivity index (χ1) is 32.7. The molecule has 0 heteroatoms. The molecule has 4 aromatic carbocycles. The average Bonchev–Trinajstić information content (AvgIpc) is 3.39. The van der Waals surface area contributed by atoms with Crippen molar-refractivity contribution in [1.82, 2.24) is 0 Å². The number of rotatable bonds is 10. The molecule has 0 aromatic heterocycles. The molecule has 4 aliphatic carbocycles. The second-order valence-corrected chi connectivity index (χ2v) is 20.6. The van der Waals surface area contributed by atoms with Crippen molar-refractivity contribution in [3.63, 3.8) is 0 Å². The molecule has 0 saturated heterocycles. The molecule has 0 spiro atoms. The first-order valence-corrected chi connectivity index (χ1v) is 28.3. The fourth-order valence-electron chi connectivity index (χ4n) is 11.3. The first-order valence-electron chi connectivity index (χ1n) is 28.3. The van der Waals surface area contributed by atoms with E-state index in [4.69, 9.17) is 0 Å². The molecule has 4 aromatic rings. The van der Waals surface area contributed by atoms with Gasteiger partial charge in [-0.15, -0.1) is 6.58 Å². The van der Waals surface area contributed by atoms with Crippen molar-refractivity contribution < 1.29 is 1.43 Å². The summed E-state index contributed by atoms with van der Waals surface area (Å²) in [5.41, 5.74) is 11.5. The maximum Gasteiger partial charge on any atom is 0 e. The van der Waals surface area contributed by atoms with E-state index in [1.807, 2.05) is 27.7 Å². The van der Waals surface area contributed by atoms with E-state index in [0.717, 1.165) is 53.8 Å². The van der Waals surface area contributed by atoms with Crippen molar-refractivity contribution in [2.75, 3.05) is 0 Å². The molecule has 0 nitrogen and oxygen atoms in total. The van der Waals surface area contributed by atoms with Gasteiger partial charge in [0.2, 0.25) is 0 Å². The number of benzene rings is 4. The van der Waals surface area contributed by atoms with Crippen molar-refractivity contribution in [2.45, 2.75) is 230 Å². The SMILES string of the molecule is C.C/C=C/C1CCC(c2ccc(-c3ccc(C)cc3)cc2)CC1.C=CCCC1CCC(C2CCC(c3ccc(CC)cc3)CC2)CC1.CC.CC.CCC.Cc1ccc(C2CCC(C)CC2)cc1.[HH]. The smallest absolute Gasteiger partial charge is 0 e. The Hall–Kier alpha value is -3.64. The van der Waals surface area contributed by atoms with Gasteiger partial charge in [0.25, 0.3) is 0 Å². The topological polar surface area (TPSA) is 0 Å². The normalized spacial score (nSPS) is 24.2. The number of hydrogen-bond donors (Lipinski definition) is 0. The summed E-state index contributed by atoms with van der Waals surface area (Å²) in [4.78, 5) is 0. The predicted octanol–water partition coefficient (Wildman–Crippen LogP) is 22.4. The van der Waals surface area contributed by atoms with Crippen LogP contribution in [0.4, 0.5) is 0 Å². The quantitative estimate of drug-likeness (QED) is 0.139.